The molecule has 0 atom stereocenters. The van der Waals surface area contributed by atoms with Crippen LogP contribution in [0.15, 0.2) is 41.0 Å². The van der Waals surface area contributed by atoms with Gasteiger partial charge in [-0.2, -0.15) is 0 Å². The van der Waals surface area contributed by atoms with Gasteiger partial charge >= 0.3 is 0 Å². The Bertz CT molecular complexity index is 604. The fraction of sp³-hybridized carbons (Fsp3) is 0. The first-order valence-electron chi connectivity index (χ1n) is 4.94. The molecule has 1 aromatic carbocycles. The number of aromatic nitrogens is 1. The van der Waals surface area contributed by atoms with Crippen molar-refractivity contribution in [2.45, 2.75) is 0 Å². The molecule has 0 radical (unpaired) electrons. The highest BCUT2D eigenvalue weighted by Gasteiger charge is 2.09. The molecule has 2 rings (SSSR count). The third-order valence-electron chi connectivity index (χ3n) is 2.17. The number of halogens is 3. The topological polar surface area (TPSA) is 42.0 Å². The van der Waals surface area contributed by atoms with Gasteiger partial charge < -0.3 is 5.32 Å². The van der Waals surface area contributed by atoms with E-state index in [2.05, 4.69) is 26.2 Å². The molecule has 3 nitrogen and oxygen atoms in total. The van der Waals surface area contributed by atoms with E-state index in [4.69, 9.17) is 23.2 Å². The van der Waals surface area contributed by atoms with Crippen LogP contribution in [0.25, 0.3) is 0 Å². The molecule has 1 aromatic heterocycles. The predicted molar refractivity (Wildman–Crippen MR) is 76.4 cm³/mol. The van der Waals surface area contributed by atoms with Crippen LogP contribution in [-0.2, 0) is 0 Å². The molecule has 0 saturated heterocycles. The van der Waals surface area contributed by atoms with Crippen molar-refractivity contribution in [3.8, 4) is 0 Å². The number of anilines is 1. The van der Waals surface area contributed by atoms with E-state index in [9.17, 15) is 4.79 Å². The van der Waals surface area contributed by atoms with Gasteiger partial charge in [-0.05, 0) is 30.3 Å². The fourth-order valence-corrected chi connectivity index (χ4v) is 2.22. The minimum absolute atomic E-state index is 0.268. The van der Waals surface area contributed by atoms with Crippen molar-refractivity contribution in [2.75, 3.05) is 5.32 Å². The lowest BCUT2D eigenvalue weighted by Crippen LogP contribution is -2.12. The summed E-state index contributed by atoms with van der Waals surface area (Å²) in [5.74, 6) is -0.288. The average molecular weight is 346 g/mol. The molecule has 0 unspecified atom stereocenters. The van der Waals surface area contributed by atoms with Crippen molar-refractivity contribution in [1.29, 1.82) is 0 Å². The third kappa shape index (κ3) is 3.22. The van der Waals surface area contributed by atoms with Gasteiger partial charge in [-0.25, -0.2) is 4.98 Å². The number of carbonyl (C=O) groups is 1. The molecule has 0 aliphatic carbocycles. The Morgan fingerprint density at radius 2 is 2.00 bits per heavy atom. The number of carbonyl (C=O) groups excluding carboxylic acids is 1. The average Bonchev–Trinajstić information content (AvgIpc) is 2.32. The van der Waals surface area contributed by atoms with E-state index >= 15 is 0 Å². The van der Waals surface area contributed by atoms with Crippen molar-refractivity contribution < 1.29 is 4.79 Å². The van der Waals surface area contributed by atoms with Crippen LogP contribution in [0, 0.1) is 0 Å². The zero-order chi connectivity index (χ0) is 13.1. The zero-order valence-corrected chi connectivity index (χ0v) is 12.1. The van der Waals surface area contributed by atoms with Crippen LogP contribution in [0.3, 0.4) is 0 Å². The summed E-state index contributed by atoms with van der Waals surface area (Å²) in [7, 11) is 0. The Balaban J connectivity index is 2.21. The Kier molecular flexibility index (Phi) is 4.22. The van der Waals surface area contributed by atoms with Gasteiger partial charge in [0.25, 0.3) is 5.91 Å². The lowest BCUT2D eigenvalue weighted by atomic mass is 10.2. The second-order valence-electron chi connectivity index (χ2n) is 3.45. The number of hydrogen-bond acceptors (Lipinski definition) is 2. The summed E-state index contributed by atoms with van der Waals surface area (Å²) in [4.78, 5) is 15.7. The van der Waals surface area contributed by atoms with E-state index in [-0.39, 0.29) is 11.1 Å². The normalized spacial score (nSPS) is 10.2. The molecule has 18 heavy (non-hydrogen) atoms. The first-order chi connectivity index (χ1) is 8.56. The van der Waals surface area contributed by atoms with Crippen molar-refractivity contribution in [1.82, 2.24) is 4.98 Å². The number of nitrogens with one attached hydrogen (secondary N) is 1. The van der Waals surface area contributed by atoms with E-state index in [1.54, 1.807) is 24.3 Å². The lowest BCUT2D eigenvalue weighted by molar-refractivity contribution is 0.102. The highest BCUT2D eigenvalue weighted by Crippen LogP contribution is 2.26. The van der Waals surface area contributed by atoms with E-state index in [1.807, 2.05) is 0 Å². The molecule has 0 bridgehead atoms. The molecule has 0 aliphatic rings. The monoisotopic (exact) mass is 344 g/mol. The molecule has 0 spiro atoms. The number of amides is 1. The van der Waals surface area contributed by atoms with Crippen LogP contribution >= 0.6 is 39.1 Å². The summed E-state index contributed by atoms with van der Waals surface area (Å²) in [6.45, 7) is 0. The van der Waals surface area contributed by atoms with Crippen LogP contribution in [0.2, 0.25) is 10.2 Å². The van der Waals surface area contributed by atoms with Crippen LogP contribution in [0.5, 0.6) is 0 Å². The number of hydrogen-bond donors (Lipinski definition) is 1. The van der Waals surface area contributed by atoms with Gasteiger partial charge in [0.05, 0.1) is 10.7 Å². The molecule has 92 valence electrons. The second-order valence-corrected chi connectivity index (χ2v) is 5.16. The van der Waals surface area contributed by atoms with Gasteiger partial charge in [-0.1, -0.05) is 39.1 Å². The Labute approximate surface area is 122 Å². The maximum atomic E-state index is 11.9. The summed E-state index contributed by atoms with van der Waals surface area (Å²) < 4.78 is 0.845. The SMILES string of the molecule is O=C(Nc1ccc(Br)cc1Cl)c1ccnc(Cl)c1. The van der Waals surface area contributed by atoms with Gasteiger partial charge in [-0.15, -0.1) is 0 Å². The highest BCUT2D eigenvalue weighted by molar-refractivity contribution is 9.10. The minimum Gasteiger partial charge on any atom is -0.321 e. The third-order valence-corrected chi connectivity index (χ3v) is 3.18. The number of pyridine rings is 1. The number of nitrogens with zero attached hydrogens (tertiary/aromatic N) is 1. The molecule has 1 N–H and O–H groups in total. The summed E-state index contributed by atoms with van der Waals surface area (Å²) in [5, 5.41) is 3.43. The molecular formula is C12H7BrCl2N2O. The summed E-state index contributed by atoms with van der Waals surface area (Å²) in [5.41, 5.74) is 0.965. The molecule has 0 fully saturated rings. The van der Waals surface area contributed by atoms with E-state index in [0.29, 0.717) is 16.3 Å². The van der Waals surface area contributed by atoms with Crippen molar-refractivity contribution in [3.05, 3.63) is 56.7 Å². The number of rotatable bonds is 2. The van der Waals surface area contributed by atoms with Crippen molar-refractivity contribution in [2.24, 2.45) is 0 Å². The summed E-state index contributed by atoms with van der Waals surface area (Å²) in [6.07, 6.45) is 1.47. The maximum Gasteiger partial charge on any atom is 0.255 e. The smallest absolute Gasteiger partial charge is 0.255 e. The number of benzene rings is 1. The minimum atomic E-state index is -0.288. The lowest BCUT2D eigenvalue weighted by Gasteiger charge is -2.07. The van der Waals surface area contributed by atoms with Gasteiger partial charge in [0, 0.05) is 16.2 Å². The Morgan fingerprint density at radius 1 is 1.22 bits per heavy atom. The summed E-state index contributed by atoms with van der Waals surface area (Å²) >= 11 is 15.0. The van der Waals surface area contributed by atoms with Crippen LogP contribution in [0.1, 0.15) is 10.4 Å². The molecule has 1 amide bonds. The molecule has 6 heteroatoms. The Hall–Kier alpha value is -1.10. The van der Waals surface area contributed by atoms with E-state index in [0.717, 1.165) is 4.47 Å². The standard InChI is InChI=1S/C12H7BrCl2N2O/c13-8-1-2-10(9(14)6-8)17-12(18)7-3-4-16-11(15)5-7/h1-6H,(H,17,18). The molecule has 1 heterocycles. The van der Waals surface area contributed by atoms with Crippen molar-refractivity contribution >= 4 is 50.7 Å². The predicted octanol–water partition coefficient (Wildman–Crippen LogP) is 4.40. The van der Waals surface area contributed by atoms with Gasteiger partial charge in [-0.3, -0.25) is 4.79 Å². The van der Waals surface area contributed by atoms with Gasteiger partial charge in [0.1, 0.15) is 5.15 Å². The largest absolute Gasteiger partial charge is 0.321 e. The van der Waals surface area contributed by atoms with Crippen LogP contribution in [0.4, 0.5) is 5.69 Å². The second kappa shape index (κ2) is 5.69. The quantitative estimate of drug-likeness (QED) is 0.819. The van der Waals surface area contributed by atoms with Gasteiger partial charge in [0.15, 0.2) is 0 Å². The first-order valence-corrected chi connectivity index (χ1v) is 6.49. The fourth-order valence-electron chi connectivity index (χ4n) is 1.33. The maximum absolute atomic E-state index is 11.9. The highest BCUT2D eigenvalue weighted by atomic mass is 79.9. The van der Waals surface area contributed by atoms with E-state index in [1.165, 1.54) is 12.3 Å². The first kappa shape index (κ1) is 13.3. The van der Waals surface area contributed by atoms with Crippen LogP contribution in [-0.4, -0.2) is 10.9 Å². The molecule has 0 saturated carbocycles. The summed E-state index contributed by atoms with van der Waals surface area (Å²) in [6, 6.07) is 8.28. The van der Waals surface area contributed by atoms with E-state index < -0.39 is 0 Å². The molecule has 0 aliphatic heterocycles. The Morgan fingerprint density at radius 3 is 2.67 bits per heavy atom. The molecule has 2 aromatic rings. The molecular weight excluding hydrogens is 339 g/mol. The van der Waals surface area contributed by atoms with Gasteiger partial charge in [0.2, 0.25) is 0 Å². The zero-order valence-electron chi connectivity index (χ0n) is 8.95. The van der Waals surface area contributed by atoms with Crippen molar-refractivity contribution in [3.63, 3.8) is 0 Å². The van der Waals surface area contributed by atoms with Crippen LogP contribution < -0.4 is 5.32 Å².